The van der Waals surface area contributed by atoms with Gasteiger partial charge in [-0.2, -0.15) is 0 Å². The van der Waals surface area contributed by atoms with E-state index in [0.29, 0.717) is 34.7 Å². The summed E-state index contributed by atoms with van der Waals surface area (Å²) < 4.78 is 0. The average Bonchev–Trinajstić information content (AvgIpc) is 2.68. The molecule has 0 saturated carbocycles. The number of carbonyl (C=O) groups excluding carboxylic acids is 2. The van der Waals surface area contributed by atoms with Crippen molar-refractivity contribution in [2.75, 3.05) is 13.6 Å². The highest BCUT2D eigenvalue weighted by atomic mass is 35.5. The predicted molar refractivity (Wildman–Crippen MR) is 111 cm³/mol. The molecule has 148 valence electrons. The largest absolute Gasteiger partial charge is 0.368 e. The second-order valence-corrected chi connectivity index (χ2v) is 6.70. The molecule has 5 N–H and O–H groups in total. The van der Waals surface area contributed by atoms with Crippen LogP contribution in [-0.4, -0.2) is 31.4 Å². The summed E-state index contributed by atoms with van der Waals surface area (Å²) in [4.78, 5) is 26.7. The van der Waals surface area contributed by atoms with E-state index < -0.39 is 5.91 Å². The zero-order chi connectivity index (χ0) is 20.5. The topological polar surface area (TPSA) is 109 Å². The van der Waals surface area contributed by atoms with E-state index >= 15 is 0 Å². The first-order valence-corrected chi connectivity index (χ1v) is 9.18. The van der Waals surface area contributed by atoms with Crippen molar-refractivity contribution in [3.05, 3.63) is 69.2 Å². The number of benzene rings is 2. The van der Waals surface area contributed by atoms with Crippen molar-refractivity contribution >= 4 is 41.0 Å². The molecule has 2 amide bonds. The first kappa shape index (κ1) is 21.5. The Kier molecular flexibility index (Phi) is 8.10. The molecule has 0 bridgehead atoms. The molecule has 7 nitrogen and oxygen atoms in total. The average molecular weight is 422 g/mol. The molecule has 0 aliphatic rings. The van der Waals surface area contributed by atoms with Crippen molar-refractivity contribution in [3.63, 3.8) is 0 Å². The van der Waals surface area contributed by atoms with E-state index in [-0.39, 0.29) is 12.5 Å². The lowest BCUT2D eigenvalue weighted by Gasteiger charge is -2.13. The standard InChI is InChI=1S/C19H21Cl2N5O2/c1-23-19(26-10-14-6-7-15(20)8-16(14)21)25-9-12-2-4-13(5-3-12)18(28)24-11-17(22)27/h2-8H,9-11H2,1H3,(H2,22,27)(H,24,28)(H2,23,25,26). The molecule has 2 aromatic rings. The third-order valence-electron chi connectivity index (χ3n) is 3.78. The number of amides is 2. The minimum atomic E-state index is -0.590. The van der Waals surface area contributed by atoms with E-state index in [2.05, 4.69) is 20.9 Å². The molecule has 2 rings (SSSR count). The lowest BCUT2D eigenvalue weighted by atomic mass is 10.1. The van der Waals surface area contributed by atoms with Crippen molar-refractivity contribution in [3.8, 4) is 0 Å². The van der Waals surface area contributed by atoms with Crippen LogP contribution in [-0.2, 0) is 17.9 Å². The number of nitrogens with one attached hydrogen (secondary N) is 3. The van der Waals surface area contributed by atoms with Crippen molar-refractivity contribution in [1.82, 2.24) is 16.0 Å². The molecular weight excluding hydrogens is 401 g/mol. The van der Waals surface area contributed by atoms with Gasteiger partial charge in [0, 0.05) is 35.7 Å². The molecule has 0 aromatic heterocycles. The van der Waals surface area contributed by atoms with Gasteiger partial charge in [-0.15, -0.1) is 0 Å². The Morgan fingerprint density at radius 1 is 1.00 bits per heavy atom. The highest BCUT2D eigenvalue weighted by molar-refractivity contribution is 6.35. The van der Waals surface area contributed by atoms with Gasteiger partial charge in [-0.25, -0.2) is 0 Å². The van der Waals surface area contributed by atoms with Gasteiger partial charge in [0.1, 0.15) is 0 Å². The van der Waals surface area contributed by atoms with Gasteiger partial charge < -0.3 is 21.7 Å². The quantitative estimate of drug-likeness (QED) is 0.405. The van der Waals surface area contributed by atoms with Crippen molar-refractivity contribution < 1.29 is 9.59 Å². The Hall–Kier alpha value is -2.77. The van der Waals surface area contributed by atoms with Crippen LogP contribution < -0.4 is 21.7 Å². The summed E-state index contributed by atoms with van der Waals surface area (Å²) in [6.07, 6.45) is 0. The molecule has 0 fully saturated rings. The smallest absolute Gasteiger partial charge is 0.251 e. The Morgan fingerprint density at radius 2 is 1.68 bits per heavy atom. The second-order valence-electron chi connectivity index (χ2n) is 5.86. The van der Waals surface area contributed by atoms with Crippen LogP contribution in [0.25, 0.3) is 0 Å². The van der Waals surface area contributed by atoms with Crippen molar-refractivity contribution in [2.45, 2.75) is 13.1 Å². The Bertz CT molecular complexity index is 869. The molecule has 28 heavy (non-hydrogen) atoms. The second kappa shape index (κ2) is 10.5. The van der Waals surface area contributed by atoms with E-state index in [1.54, 1.807) is 31.3 Å². The molecule has 0 saturated heterocycles. The molecule has 0 atom stereocenters. The molecule has 0 radical (unpaired) electrons. The zero-order valence-electron chi connectivity index (χ0n) is 15.3. The Morgan fingerprint density at radius 3 is 2.29 bits per heavy atom. The third-order valence-corrected chi connectivity index (χ3v) is 4.37. The van der Waals surface area contributed by atoms with Gasteiger partial charge in [0.15, 0.2) is 5.96 Å². The fourth-order valence-electron chi connectivity index (χ4n) is 2.29. The van der Waals surface area contributed by atoms with Crippen molar-refractivity contribution in [1.29, 1.82) is 0 Å². The van der Waals surface area contributed by atoms with E-state index in [1.807, 2.05) is 18.2 Å². The van der Waals surface area contributed by atoms with Crippen LogP contribution in [0.3, 0.4) is 0 Å². The molecule has 0 aliphatic heterocycles. The summed E-state index contributed by atoms with van der Waals surface area (Å²) >= 11 is 12.1. The summed E-state index contributed by atoms with van der Waals surface area (Å²) in [5.41, 5.74) is 7.32. The fraction of sp³-hybridized carbons (Fsp3) is 0.211. The molecule has 0 unspecified atom stereocenters. The summed E-state index contributed by atoms with van der Waals surface area (Å²) in [6.45, 7) is 0.813. The summed E-state index contributed by atoms with van der Waals surface area (Å²) in [6, 6.07) is 12.3. The van der Waals surface area contributed by atoms with Gasteiger partial charge in [-0.1, -0.05) is 41.4 Å². The molecule has 0 aliphatic carbocycles. The lowest BCUT2D eigenvalue weighted by molar-refractivity contribution is -0.117. The normalized spacial score (nSPS) is 11.0. The molecule has 0 heterocycles. The van der Waals surface area contributed by atoms with Crippen LogP contribution in [0.1, 0.15) is 21.5 Å². The molecular formula is C19H21Cl2N5O2. The highest BCUT2D eigenvalue weighted by Crippen LogP contribution is 2.20. The first-order valence-electron chi connectivity index (χ1n) is 8.43. The van der Waals surface area contributed by atoms with Gasteiger partial charge in [0.25, 0.3) is 5.91 Å². The number of rotatable bonds is 7. The van der Waals surface area contributed by atoms with E-state index in [0.717, 1.165) is 11.1 Å². The Labute approximate surface area is 173 Å². The van der Waals surface area contributed by atoms with Crippen LogP contribution in [0.4, 0.5) is 0 Å². The maximum Gasteiger partial charge on any atom is 0.251 e. The van der Waals surface area contributed by atoms with Gasteiger partial charge >= 0.3 is 0 Å². The van der Waals surface area contributed by atoms with Gasteiger partial charge in [0.05, 0.1) is 6.54 Å². The summed E-state index contributed by atoms with van der Waals surface area (Å²) in [7, 11) is 1.67. The number of carbonyl (C=O) groups is 2. The molecule has 9 heteroatoms. The van der Waals surface area contributed by atoms with E-state index in [1.165, 1.54) is 0 Å². The van der Waals surface area contributed by atoms with Gasteiger partial charge in [0.2, 0.25) is 5.91 Å². The first-order chi connectivity index (χ1) is 13.4. The molecule has 2 aromatic carbocycles. The number of primary amides is 1. The fourth-order valence-corrected chi connectivity index (χ4v) is 2.77. The minimum Gasteiger partial charge on any atom is -0.368 e. The number of guanidine groups is 1. The van der Waals surface area contributed by atoms with Crippen LogP contribution in [0.2, 0.25) is 10.0 Å². The lowest BCUT2D eigenvalue weighted by Crippen LogP contribution is -2.36. The van der Waals surface area contributed by atoms with Gasteiger partial charge in [-0.3, -0.25) is 14.6 Å². The predicted octanol–water partition coefficient (Wildman–Crippen LogP) is 2.07. The number of nitrogens with two attached hydrogens (primary N) is 1. The van der Waals surface area contributed by atoms with E-state index in [9.17, 15) is 9.59 Å². The summed E-state index contributed by atoms with van der Waals surface area (Å²) in [5.74, 6) is -0.335. The molecule has 0 spiro atoms. The van der Waals surface area contributed by atoms with Crippen LogP contribution in [0.15, 0.2) is 47.5 Å². The van der Waals surface area contributed by atoms with Crippen LogP contribution >= 0.6 is 23.2 Å². The van der Waals surface area contributed by atoms with E-state index in [4.69, 9.17) is 28.9 Å². The number of hydrogen-bond acceptors (Lipinski definition) is 3. The zero-order valence-corrected chi connectivity index (χ0v) is 16.8. The highest BCUT2D eigenvalue weighted by Gasteiger charge is 2.07. The Balaban J connectivity index is 1.85. The summed E-state index contributed by atoms with van der Waals surface area (Å²) in [5, 5.41) is 9.97. The van der Waals surface area contributed by atoms with Crippen LogP contribution in [0.5, 0.6) is 0 Å². The maximum atomic E-state index is 11.9. The number of hydrogen-bond donors (Lipinski definition) is 4. The van der Waals surface area contributed by atoms with Crippen LogP contribution in [0, 0.1) is 0 Å². The van der Waals surface area contributed by atoms with Gasteiger partial charge in [-0.05, 0) is 35.4 Å². The monoisotopic (exact) mass is 421 g/mol. The SMILES string of the molecule is CN=C(NCc1ccc(C(=O)NCC(N)=O)cc1)NCc1ccc(Cl)cc1Cl. The minimum absolute atomic E-state index is 0.193. The number of nitrogens with zero attached hydrogens (tertiary/aromatic N) is 1. The third kappa shape index (κ3) is 6.75. The number of halogens is 2. The van der Waals surface area contributed by atoms with Crippen molar-refractivity contribution in [2.24, 2.45) is 10.7 Å². The maximum absolute atomic E-state index is 11.9. The number of aliphatic imine (C=N–C) groups is 1.